The summed E-state index contributed by atoms with van der Waals surface area (Å²) in [5, 5.41) is 3.67. The van der Waals surface area contributed by atoms with Crippen molar-refractivity contribution in [2.75, 3.05) is 11.9 Å². The smallest absolute Gasteiger partial charge is 0.143 e. The number of hydrogen-bond donors (Lipinski definition) is 1. The first kappa shape index (κ1) is 17.8. The van der Waals surface area contributed by atoms with Gasteiger partial charge >= 0.3 is 0 Å². The van der Waals surface area contributed by atoms with Gasteiger partial charge < -0.3 is 10.1 Å². The standard InChI is InChI=1S/C20H19BrN2OS2/c1-4-24-15-7-5-6-14-16-18(20(2,3)22-17(14)15)26-23(19(16)25)13-10-8-12(21)9-11-13/h5-11,22H,4H2,1-3H3. The number of aromatic nitrogens is 1. The molecule has 0 unspecified atom stereocenters. The molecule has 26 heavy (non-hydrogen) atoms. The Balaban J connectivity index is 1.97. The monoisotopic (exact) mass is 446 g/mol. The molecule has 134 valence electrons. The lowest BCUT2D eigenvalue weighted by atomic mass is 9.89. The maximum atomic E-state index is 5.91. The van der Waals surface area contributed by atoms with E-state index in [2.05, 4.69) is 57.2 Å². The first-order valence-corrected chi connectivity index (χ1v) is 10.5. The Morgan fingerprint density at radius 2 is 1.92 bits per heavy atom. The number of nitrogens with zero attached hydrogens (tertiary/aromatic N) is 1. The van der Waals surface area contributed by atoms with E-state index in [0.29, 0.717) is 6.61 Å². The van der Waals surface area contributed by atoms with E-state index in [9.17, 15) is 0 Å². The number of nitrogens with one attached hydrogen (secondary N) is 1. The first-order valence-electron chi connectivity index (χ1n) is 8.49. The van der Waals surface area contributed by atoms with Gasteiger partial charge in [-0.25, -0.2) is 0 Å². The van der Waals surface area contributed by atoms with Crippen molar-refractivity contribution in [1.29, 1.82) is 0 Å². The molecular weight excluding hydrogens is 428 g/mol. The lowest BCUT2D eigenvalue weighted by Gasteiger charge is -2.34. The lowest BCUT2D eigenvalue weighted by molar-refractivity contribution is 0.341. The molecule has 0 bridgehead atoms. The second kappa shape index (κ2) is 6.51. The molecule has 1 aromatic heterocycles. The molecule has 2 aromatic carbocycles. The third-order valence-electron chi connectivity index (χ3n) is 4.47. The van der Waals surface area contributed by atoms with Crippen molar-refractivity contribution in [3.8, 4) is 22.6 Å². The molecular formula is C20H19BrN2OS2. The normalized spacial score (nSPS) is 14.3. The maximum absolute atomic E-state index is 5.91. The van der Waals surface area contributed by atoms with Crippen LogP contribution >= 0.6 is 39.7 Å². The average molecular weight is 447 g/mol. The van der Waals surface area contributed by atoms with Gasteiger partial charge in [-0.1, -0.05) is 51.8 Å². The molecule has 2 heterocycles. The minimum Gasteiger partial charge on any atom is -0.492 e. The molecule has 0 saturated carbocycles. The van der Waals surface area contributed by atoms with E-state index in [4.69, 9.17) is 17.0 Å². The number of anilines is 1. The largest absolute Gasteiger partial charge is 0.492 e. The molecule has 0 amide bonds. The zero-order chi connectivity index (χ0) is 18.5. The molecule has 0 fully saturated rings. The Morgan fingerprint density at radius 3 is 2.62 bits per heavy atom. The van der Waals surface area contributed by atoms with Crippen molar-refractivity contribution >= 4 is 45.4 Å². The zero-order valence-electron chi connectivity index (χ0n) is 14.8. The van der Waals surface area contributed by atoms with Gasteiger partial charge in [-0.2, -0.15) is 0 Å². The topological polar surface area (TPSA) is 26.2 Å². The van der Waals surface area contributed by atoms with Gasteiger partial charge in [0.05, 0.1) is 28.4 Å². The van der Waals surface area contributed by atoms with Crippen LogP contribution in [0.5, 0.6) is 5.75 Å². The van der Waals surface area contributed by atoms with Crippen molar-refractivity contribution in [2.24, 2.45) is 0 Å². The number of rotatable bonds is 3. The van der Waals surface area contributed by atoms with Crippen molar-refractivity contribution in [3.05, 3.63) is 56.5 Å². The number of ether oxygens (including phenoxy) is 1. The molecule has 0 atom stereocenters. The minimum absolute atomic E-state index is 0.228. The van der Waals surface area contributed by atoms with Crippen molar-refractivity contribution in [2.45, 2.75) is 26.3 Å². The Kier molecular flexibility index (Phi) is 4.45. The summed E-state index contributed by atoms with van der Waals surface area (Å²) < 4.78 is 9.89. The minimum atomic E-state index is -0.228. The van der Waals surface area contributed by atoms with Crippen LogP contribution in [0.15, 0.2) is 46.9 Å². The van der Waals surface area contributed by atoms with Crippen LogP contribution in [-0.2, 0) is 5.54 Å². The third-order valence-corrected chi connectivity index (χ3v) is 6.97. The number of benzene rings is 2. The molecule has 1 aliphatic heterocycles. The second-order valence-electron chi connectivity index (χ2n) is 6.73. The highest BCUT2D eigenvalue weighted by Gasteiger charge is 2.36. The van der Waals surface area contributed by atoms with E-state index >= 15 is 0 Å². The number of para-hydroxylation sites is 1. The Morgan fingerprint density at radius 1 is 1.19 bits per heavy atom. The van der Waals surface area contributed by atoms with E-state index in [1.54, 1.807) is 11.5 Å². The fourth-order valence-electron chi connectivity index (χ4n) is 3.30. The molecule has 3 aromatic rings. The predicted octanol–water partition coefficient (Wildman–Crippen LogP) is 6.76. The molecule has 4 rings (SSSR count). The summed E-state index contributed by atoms with van der Waals surface area (Å²) in [7, 11) is 0. The van der Waals surface area contributed by atoms with Gasteiger partial charge in [-0.3, -0.25) is 3.96 Å². The lowest BCUT2D eigenvalue weighted by Crippen LogP contribution is -2.30. The summed E-state index contributed by atoms with van der Waals surface area (Å²) in [5.41, 5.74) is 4.12. The molecule has 6 heteroatoms. The summed E-state index contributed by atoms with van der Waals surface area (Å²) in [6.45, 7) is 7.02. The summed E-state index contributed by atoms with van der Waals surface area (Å²) in [4.78, 5) is 1.24. The van der Waals surface area contributed by atoms with Crippen LogP contribution in [0.3, 0.4) is 0 Å². The van der Waals surface area contributed by atoms with Crippen LogP contribution in [-0.4, -0.2) is 10.6 Å². The molecule has 1 aliphatic rings. The fraction of sp³-hybridized carbons (Fsp3) is 0.250. The third kappa shape index (κ3) is 2.80. The van der Waals surface area contributed by atoms with Crippen LogP contribution in [0.4, 0.5) is 5.69 Å². The molecule has 0 radical (unpaired) electrons. The highest BCUT2D eigenvalue weighted by atomic mass is 79.9. The van der Waals surface area contributed by atoms with Crippen LogP contribution in [0.25, 0.3) is 16.8 Å². The van der Waals surface area contributed by atoms with Crippen LogP contribution in [0, 0.1) is 4.64 Å². The number of halogens is 1. The van der Waals surface area contributed by atoms with Crippen LogP contribution in [0.2, 0.25) is 0 Å². The number of hydrogen-bond acceptors (Lipinski definition) is 4. The predicted molar refractivity (Wildman–Crippen MR) is 115 cm³/mol. The van der Waals surface area contributed by atoms with Gasteiger partial charge in [0, 0.05) is 15.6 Å². The fourth-order valence-corrected chi connectivity index (χ4v) is 5.22. The second-order valence-corrected chi connectivity index (χ2v) is 8.99. The quantitative estimate of drug-likeness (QED) is 0.450. The van der Waals surface area contributed by atoms with Gasteiger partial charge in [-0.05, 0) is 51.1 Å². The van der Waals surface area contributed by atoms with E-state index in [0.717, 1.165) is 37.4 Å². The molecule has 3 nitrogen and oxygen atoms in total. The zero-order valence-corrected chi connectivity index (χ0v) is 18.0. The van der Waals surface area contributed by atoms with Crippen LogP contribution in [0.1, 0.15) is 25.6 Å². The average Bonchev–Trinajstić information content (AvgIpc) is 2.96. The summed E-state index contributed by atoms with van der Waals surface area (Å²) in [6, 6.07) is 14.4. The Hall–Kier alpha value is -1.63. The van der Waals surface area contributed by atoms with Crippen LogP contribution < -0.4 is 10.1 Å². The van der Waals surface area contributed by atoms with E-state index in [1.807, 2.05) is 31.2 Å². The molecule has 0 aliphatic carbocycles. The highest BCUT2D eigenvalue weighted by molar-refractivity contribution is 9.10. The van der Waals surface area contributed by atoms with E-state index < -0.39 is 0 Å². The van der Waals surface area contributed by atoms with Crippen molar-refractivity contribution in [3.63, 3.8) is 0 Å². The van der Waals surface area contributed by atoms with Gasteiger partial charge in [0.1, 0.15) is 10.4 Å². The summed E-state index contributed by atoms with van der Waals surface area (Å²) in [5.74, 6) is 0.875. The first-order chi connectivity index (χ1) is 12.4. The SMILES string of the molecule is CCOc1cccc2c1NC(C)(C)c1sn(-c3ccc(Br)cc3)c(=S)c1-2. The molecule has 0 saturated heterocycles. The summed E-state index contributed by atoms with van der Waals surface area (Å²) >= 11 is 11.1. The van der Waals surface area contributed by atoms with E-state index in [1.165, 1.54) is 4.88 Å². The maximum Gasteiger partial charge on any atom is 0.143 e. The Labute approximate surface area is 170 Å². The Bertz CT molecular complexity index is 1030. The van der Waals surface area contributed by atoms with Gasteiger partial charge in [0.25, 0.3) is 0 Å². The van der Waals surface area contributed by atoms with Gasteiger partial charge in [0.15, 0.2) is 0 Å². The van der Waals surface area contributed by atoms with E-state index in [-0.39, 0.29) is 5.54 Å². The van der Waals surface area contributed by atoms with Crippen molar-refractivity contribution < 1.29 is 4.74 Å². The highest BCUT2D eigenvalue weighted by Crippen LogP contribution is 2.50. The van der Waals surface area contributed by atoms with Gasteiger partial charge in [-0.15, -0.1) is 0 Å². The summed E-state index contributed by atoms with van der Waals surface area (Å²) in [6.07, 6.45) is 0. The number of fused-ring (bicyclic) bond motifs is 3. The molecule has 1 N–H and O–H groups in total. The molecule has 0 spiro atoms. The van der Waals surface area contributed by atoms with Crippen molar-refractivity contribution in [1.82, 2.24) is 3.96 Å². The van der Waals surface area contributed by atoms with Gasteiger partial charge in [0.2, 0.25) is 0 Å².